The van der Waals surface area contributed by atoms with Gasteiger partial charge in [0.1, 0.15) is 11.9 Å². The molecule has 0 fully saturated rings. The van der Waals surface area contributed by atoms with E-state index in [0.717, 1.165) is 0 Å². The van der Waals surface area contributed by atoms with Crippen molar-refractivity contribution in [1.82, 2.24) is 0 Å². The van der Waals surface area contributed by atoms with Crippen molar-refractivity contribution in [2.24, 2.45) is 5.41 Å². The first-order chi connectivity index (χ1) is 8.25. The van der Waals surface area contributed by atoms with Crippen LogP contribution in [-0.4, -0.2) is 19.0 Å². The fourth-order valence-corrected chi connectivity index (χ4v) is 2.07. The highest BCUT2D eigenvalue weighted by Crippen LogP contribution is 2.24. The maximum Gasteiger partial charge on any atom is 0.166 e. The quantitative estimate of drug-likeness (QED) is 0.836. The number of Topliss-reactive ketones (excluding diaryl/α,β-unsaturated/α-hetero) is 1. The second-order valence-electron chi connectivity index (χ2n) is 5.36. The van der Waals surface area contributed by atoms with Crippen LogP contribution in [0.1, 0.15) is 26.3 Å². The molecule has 0 aliphatic rings. The average Bonchev–Trinajstić information content (AvgIpc) is 2.21. The Morgan fingerprint density at radius 3 is 2.50 bits per heavy atom. The third-order valence-corrected chi connectivity index (χ3v) is 2.93. The molecule has 0 saturated heterocycles. The molecule has 1 aromatic rings. The van der Waals surface area contributed by atoms with Crippen LogP contribution in [0.15, 0.2) is 18.2 Å². The number of ketones is 1. The first kappa shape index (κ1) is 15.1. The van der Waals surface area contributed by atoms with Gasteiger partial charge in [-0.1, -0.05) is 38.4 Å². The number of halogens is 2. The van der Waals surface area contributed by atoms with Crippen LogP contribution in [0.5, 0.6) is 0 Å². The molecule has 0 saturated carbocycles. The molecular weight excluding hydrogens is 255 g/mol. The lowest BCUT2D eigenvalue weighted by Gasteiger charge is -2.28. The van der Waals surface area contributed by atoms with E-state index < -0.39 is 11.9 Å². The molecule has 0 heterocycles. The topological polar surface area (TPSA) is 26.3 Å². The lowest BCUT2D eigenvalue weighted by Crippen LogP contribution is -2.37. The Hall–Kier alpha value is -0.930. The zero-order valence-electron chi connectivity index (χ0n) is 11.1. The standard InChI is InChI=1S/C14H18ClFO2/c1-14(2,3)13(18-4)12(17)7-9-5-6-10(15)8-11(9)16/h5-6,8,13H,7H2,1-4H3. The highest BCUT2D eigenvalue weighted by atomic mass is 35.5. The second-order valence-corrected chi connectivity index (χ2v) is 5.80. The number of carbonyl (C=O) groups excluding carboxylic acids is 1. The number of carbonyl (C=O) groups is 1. The number of benzene rings is 1. The number of hydrogen-bond donors (Lipinski definition) is 0. The first-order valence-corrected chi connectivity index (χ1v) is 6.13. The first-order valence-electron chi connectivity index (χ1n) is 5.75. The molecule has 0 radical (unpaired) electrons. The fourth-order valence-electron chi connectivity index (χ4n) is 1.91. The third kappa shape index (κ3) is 3.79. The van der Waals surface area contributed by atoms with E-state index in [1.807, 2.05) is 20.8 Å². The van der Waals surface area contributed by atoms with Gasteiger partial charge < -0.3 is 4.74 Å². The summed E-state index contributed by atoms with van der Waals surface area (Å²) in [4.78, 5) is 12.1. The second kappa shape index (κ2) is 5.81. The highest BCUT2D eigenvalue weighted by molar-refractivity contribution is 6.30. The summed E-state index contributed by atoms with van der Waals surface area (Å²) in [7, 11) is 1.49. The lowest BCUT2D eigenvalue weighted by molar-refractivity contribution is -0.134. The Labute approximate surface area is 112 Å². The molecular formula is C14H18ClFO2. The van der Waals surface area contributed by atoms with Crippen LogP contribution in [0.4, 0.5) is 4.39 Å². The molecule has 2 nitrogen and oxygen atoms in total. The van der Waals surface area contributed by atoms with Gasteiger partial charge in [-0.2, -0.15) is 0 Å². The normalized spacial score (nSPS) is 13.4. The molecule has 0 aliphatic heterocycles. The largest absolute Gasteiger partial charge is 0.373 e. The maximum absolute atomic E-state index is 13.6. The van der Waals surface area contributed by atoms with Crippen LogP contribution >= 0.6 is 11.6 Å². The zero-order valence-corrected chi connectivity index (χ0v) is 11.8. The fraction of sp³-hybridized carbons (Fsp3) is 0.500. The predicted molar refractivity (Wildman–Crippen MR) is 70.4 cm³/mol. The van der Waals surface area contributed by atoms with Crippen LogP contribution in [0.3, 0.4) is 0 Å². The minimum absolute atomic E-state index is 0.0127. The molecule has 1 aromatic carbocycles. The van der Waals surface area contributed by atoms with Crippen LogP contribution < -0.4 is 0 Å². The molecule has 0 bridgehead atoms. The van der Waals surface area contributed by atoms with Crippen molar-refractivity contribution in [1.29, 1.82) is 0 Å². The third-order valence-electron chi connectivity index (χ3n) is 2.69. The van der Waals surface area contributed by atoms with Gasteiger partial charge >= 0.3 is 0 Å². The molecule has 0 amide bonds. The number of methoxy groups -OCH3 is 1. The summed E-state index contributed by atoms with van der Waals surface area (Å²) in [5, 5.41) is 0.322. The Kier molecular flexibility index (Phi) is 4.88. The van der Waals surface area contributed by atoms with E-state index >= 15 is 0 Å². The van der Waals surface area contributed by atoms with E-state index in [0.29, 0.717) is 10.6 Å². The van der Waals surface area contributed by atoms with Gasteiger partial charge in [-0.25, -0.2) is 4.39 Å². The Balaban J connectivity index is 2.87. The van der Waals surface area contributed by atoms with Crippen molar-refractivity contribution in [3.8, 4) is 0 Å². The average molecular weight is 273 g/mol. The van der Waals surface area contributed by atoms with Crippen LogP contribution in [0.2, 0.25) is 5.02 Å². The van der Waals surface area contributed by atoms with Crippen molar-refractivity contribution in [3.63, 3.8) is 0 Å². The number of rotatable bonds is 4. The van der Waals surface area contributed by atoms with E-state index in [4.69, 9.17) is 16.3 Å². The van der Waals surface area contributed by atoms with Crippen molar-refractivity contribution in [2.75, 3.05) is 7.11 Å². The van der Waals surface area contributed by atoms with E-state index in [9.17, 15) is 9.18 Å². The molecule has 1 unspecified atom stereocenters. The summed E-state index contributed by atoms with van der Waals surface area (Å²) in [5.74, 6) is -0.592. The SMILES string of the molecule is COC(C(=O)Cc1ccc(Cl)cc1F)C(C)(C)C. The van der Waals surface area contributed by atoms with E-state index in [1.54, 1.807) is 6.07 Å². The predicted octanol–water partition coefficient (Wildman–Crippen LogP) is 3.65. The van der Waals surface area contributed by atoms with Crippen LogP contribution in [0.25, 0.3) is 0 Å². The molecule has 18 heavy (non-hydrogen) atoms. The lowest BCUT2D eigenvalue weighted by atomic mass is 9.84. The van der Waals surface area contributed by atoms with E-state index in [2.05, 4.69) is 0 Å². The molecule has 0 aromatic heterocycles. The van der Waals surface area contributed by atoms with Crippen molar-refractivity contribution in [3.05, 3.63) is 34.6 Å². The summed E-state index contributed by atoms with van der Waals surface area (Å²) in [6.07, 6.45) is -0.536. The van der Waals surface area contributed by atoms with Crippen molar-refractivity contribution >= 4 is 17.4 Å². The van der Waals surface area contributed by atoms with Gasteiger partial charge in [-0.05, 0) is 23.1 Å². The van der Waals surface area contributed by atoms with Crippen LogP contribution in [-0.2, 0) is 16.0 Å². The smallest absolute Gasteiger partial charge is 0.166 e. The Morgan fingerprint density at radius 1 is 1.44 bits per heavy atom. The van der Waals surface area contributed by atoms with Gasteiger partial charge in [0.25, 0.3) is 0 Å². The monoisotopic (exact) mass is 272 g/mol. The molecule has 4 heteroatoms. The number of hydrogen-bond acceptors (Lipinski definition) is 2. The summed E-state index contributed by atoms with van der Waals surface area (Å²) in [5.41, 5.74) is 0.0325. The Bertz CT molecular complexity index is 438. The molecule has 0 aliphatic carbocycles. The van der Waals surface area contributed by atoms with Gasteiger partial charge in [-0.15, -0.1) is 0 Å². The van der Waals surface area contributed by atoms with Gasteiger partial charge in [0.05, 0.1) is 0 Å². The Morgan fingerprint density at radius 2 is 2.06 bits per heavy atom. The summed E-state index contributed by atoms with van der Waals surface area (Å²) < 4.78 is 18.8. The van der Waals surface area contributed by atoms with Gasteiger partial charge in [0.15, 0.2) is 5.78 Å². The highest BCUT2D eigenvalue weighted by Gasteiger charge is 2.31. The van der Waals surface area contributed by atoms with Gasteiger partial charge in [0.2, 0.25) is 0 Å². The maximum atomic E-state index is 13.6. The molecule has 1 rings (SSSR count). The summed E-state index contributed by atoms with van der Waals surface area (Å²) >= 11 is 5.67. The van der Waals surface area contributed by atoms with Gasteiger partial charge in [0, 0.05) is 18.6 Å². The minimum atomic E-state index is -0.549. The summed E-state index contributed by atoms with van der Waals surface area (Å²) in [6.45, 7) is 5.74. The molecule has 1 atom stereocenters. The van der Waals surface area contributed by atoms with Crippen molar-refractivity contribution in [2.45, 2.75) is 33.3 Å². The number of ether oxygens (including phenoxy) is 1. The summed E-state index contributed by atoms with van der Waals surface area (Å²) in [6, 6.07) is 4.32. The van der Waals surface area contributed by atoms with E-state index in [1.165, 1.54) is 19.2 Å². The van der Waals surface area contributed by atoms with Crippen molar-refractivity contribution < 1.29 is 13.9 Å². The van der Waals surface area contributed by atoms with E-state index in [-0.39, 0.29) is 17.6 Å². The molecule has 100 valence electrons. The molecule has 0 N–H and O–H groups in total. The molecule has 0 spiro atoms. The van der Waals surface area contributed by atoms with Crippen LogP contribution in [0, 0.1) is 11.2 Å². The van der Waals surface area contributed by atoms with Gasteiger partial charge in [-0.3, -0.25) is 4.79 Å². The zero-order chi connectivity index (χ0) is 13.9. The minimum Gasteiger partial charge on any atom is -0.373 e.